The van der Waals surface area contributed by atoms with Crippen molar-refractivity contribution in [3.8, 4) is 5.75 Å². The van der Waals surface area contributed by atoms with Crippen LogP contribution in [0.15, 0.2) is 36.7 Å². The van der Waals surface area contributed by atoms with Crippen molar-refractivity contribution >= 4 is 5.91 Å². The van der Waals surface area contributed by atoms with E-state index in [0.29, 0.717) is 11.3 Å². The number of nitrogens with one attached hydrogen (secondary N) is 1. The predicted octanol–water partition coefficient (Wildman–Crippen LogP) is 1.89. The number of carbonyl (C=O) groups is 1. The van der Waals surface area contributed by atoms with Crippen LogP contribution in [0.5, 0.6) is 5.75 Å². The molecule has 0 aliphatic heterocycles. The van der Waals surface area contributed by atoms with Crippen molar-refractivity contribution in [2.45, 2.75) is 24.7 Å². The number of ether oxygens (including phenoxy) is 1. The highest BCUT2D eigenvalue weighted by molar-refractivity contribution is 5.77. The molecule has 0 saturated carbocycles. The Morgan fingerprint density at radius 2 is 2.04 bits per heavy atom. The normalized spacial score (nSPS) is 14.0. The van der Waals surface area contributed by atoms with Gasteiger partial charge in [-0.15, -0.1) is 0 Å². The molecule has 1 heterocycles. The van der Waals surface area contributed by atoms with Gasteiger partial charge in [0.1, 0.15) is 5.75 Å². The molecule has 136 valence electrons. The lowest BCUT2D eigenvalue weighted by Crippen LogP contribution is -2.47. The number of para-hydroxylation sites is 1. The fourth-order valence-electron chi connectivity index (χ4n) is 2.41. The lowest BCUT2D eigenvalue weighted by Gasteiger charge is -2.29. The first-order valence-corrected chi connectivity index (χ1v) is 7.34. The van der Waals surface area contributed by atoms with Crippen LogP contribution in [0.4, 0.5) is 13.2 Å². The Labute approximate surface area is 142 Å². The molecule has 1 aromatic heterocycles. The molecule has 25 heavy (non-hydrogen) atoms. The summed E-state index contributed by atoms with van der Waals surface area (Å²) in [6, 6.07) is 6.78. The number of aliphatic hydroxyl groups is 1. The van der Waals surface area contributed by atoms with Crippen LogP contribution in [0.25, 0.3) is 0 Å². The summed E-state index contributed by atoms with van der Waals surface area (Å²) >= 11 is 0. The molecule has 6 nitrogen and oxygen atoms in total. The summed E-state index contributed by atoms with van der Waals surface area (Å²) in [6.45, 7) is -0.0304. The molecule has 0 bridgehead atoms. The zero-order chi connectivity index (χ0) is 18.7. The van der Waals surface area contributed by atoms with Crippen molar-refractivity contribution in [2.75, 3.05) is 7.11 Å². The molecular weight excluding hydrogens is 339 g/mol. The van der Waals surface area contributed by atoms with Gasteiger partial charge in [0.25, 0.3) is 0 Å². The molecule has 2 rings (SSSR count). The van der Waals surface area contributed by atoms with Crippen molar-refractivity contribution in [2.24, 2.45) is 7.05 Å². The minimum atomic E-state index is -5.06. The van der Waals surface area contributed by atoms with Crippen molar-refractivity contribution in [3.05, 3.63) is 48.0 Å². The van der Waals surface area contributed by atoms with E-state index < -0.39 is 29.9 Å². The Bertz CT molecular complexity index is 745. The largest absolute Gasteiger partial charge is 0.496 e. The number of hydrogen-bond donors (Lipinski definition) is 2. The Morgan fingerprint density at radius 3 is 2.60 bits per heavy atom. The van der Waals surface area contributed by atoms with E-state index in [2.05, 4.69) is 10.3 Å². The average molecular weight is 357 g/mol. The average Bonchev–Trinajstić information content (AvgIpc) is 2.98. The molecule has 0 fully saturated rings. The second-order valence-corrected chi connectivity index (χ2v) is 5.49. The van der Waals surface area contributed by atoms with Gasteiger partial charge in [0.05, 0.1) is 13.5 Å². The summed E-state index contributed by atoms with van der Waals surface area (Å²) < 4.78 is 46.3. The molecule has 1 atom stereocenters. The fraction of sp³-hybridized carbons (Fsp3) is 0.375. The number of rotatable bonds is 6. The number of nitrogens with zero attached hydrogens (tertiary/aromatic N) is 2. The van der Waals surface area contributed by atoms with Crippen molar-refractivity contribution in [3.63, 3.8) is 0 Å². The maximum Gasteiger partial charge on any atom is 0.425 e. The molecule has 1 unspecified atom stereocenters. The van der Waals surface area contributed by atoms with Gasteiger partial charge < -0.3 is 19.7 Å². The van der Waals surface area contributed by atoms with Crippen LogP contribution in [0, 0.1) is 0 Å². The van der Waals surface area contributed by atoms with Gasteiger partial charge in [-0.05, 0) is 6.07 Å². The van der Waals surface area contributed by atoms with Gasteiger partial charge in [-0.1, -0.05) is 18.2 Å². The number of imidazole rings is 1. The number of benzene rings is 1. The number of aromatic nitrogens is 2. The van der Waals surface area contributed by atoms with Gasteiger partial charge in [-0.25, -0.2) is 4.98 Å². The summed E-state index contributed by atoms with van der Waals surface area (Å²) in [5.74, 6) is -1.11. The van der Waals surface area contributed by atoms with Crippen molar-refractivity contribution in [1.29, 1.82) is 0 Å². The molecule has 2 N–H and O–H groups in total. The monoisotopic (exact) mass is 357 g/mol. The Kier molecular flexibility index (Phi) is 5.36. The third-order valence-electron chi connectivity index (χ3n) is 3.74. The van der Waals surface area contributed by atoms with Gasteiger partial charge in [0, 0.05) is 31.5 Å². The number of halogens is 3. The Morgan fingerprint density at radius 1 is 1.36 bits per heavy atom. The molecule has 0 spiro atoms. The highest BCUT2D eigenvalue weighted by Gasteiger charge is 2.58. The molecule has 9 heteroatoms. The number of alkyl halides is 3. The Balaban J connectivity index is 2.15. The number of carbonyl (C=O) groups excluding carboxylic acids is 1. The minimum absolute atomic E-state index is 0.0304. The number of aryl methyl sites for hydroxylation is 1. The van der Waals surface area contributed by atoms with Crippen LogP contribution in [0.2, 0.25) is 0 Å². The lowest BCUT2D eigenvalue weighted by molar-refractivity contribution is -0.271. The number of methoxy groups -OCH3 is 1. The molecule has 0 aliphatic carbocycles. The van der Waals surface area contributed by atoms with Gasteiger partial charge in [0.15, 0.2) is 5.82 Å². The van der Waals surface area contributed by atoms with E-state index in [-0.39, 0.29) is 6.54 Å². The summed E-state index contributed by atoms with van der Waals surface area (Å²) in [5.41, 5.74) is -2.78. The molecule has 1 amide bonds. The minimum Gasteiger partial charge on any atom is -0.496 e. The molecular formula is C16H18F3N3O3. The molecule has 1 aromatic carbocycles. The second kappa shape index (κ2) is 7.14. The SMILES string of the molecule is COc1ccccc1CNC(=O)CC(O)(c1nccn1C)C(F)(F)F. The van der Waals surface area contributed by atoms with Gasteiger partial charge >= 0.3 is 6.18 Å². The molecule has 0 saturated heterocycles. The van der Waals surface area contributed by atoms with E-state index in [1.807, 2.05) is 0 Å². The first kappa shape index (κ1) is 18.8. The fourth-order valence-corrected chi connectivity index (χ4v) is 2.41. The van der Waals surface area contributed by atoms with Crippen LogP contribution in [0.3, 0.4) is 0 Å². The van der Waals surface area contributed by atoms with Crippen LogP contribution in [-0.2, 0) is 24.0 Å². The summed E-state index contributed by atoms with van der Waals surface area (Å²) in [6.07, 6.45) is -3.87. The van der Waals surface area contributed by atoms with Gasteiger partial charge in [-0.3, -0.25) is 4.79 Å². The molecule has 0 radical (unpaired) electrons. The Hall–Kier alpha value is -2.55. The van der Waals surface area contributed by atoms with Crippen LogP contribution in [0.1, 0.15) is 17.8 Å². The van der Waals surface area contributed by atoms with E-state index in [1.165, 1.54) is 20.4 Å². The van der Waals surface area contributed by atoms with E-state index >= 15 is 0 Å². The third-order valence-corrected chi connectivity index (χ3v) is 3.74. The van der Waals surface area contributed by atoms with E-state index in [0.717, 1.165) is 10.8 Å². The smallest absolute Gasteiger partial charge is 0.425 e. The summed E-state index contributed by atoms with van der Waals surface area (Å²) in [4.78, 5) is 15.6. The van der Waals surface area contributed by atoms with Crippen molar-refractivity contribution in [1.82, 2.24) is 14.9 Å². The summed E-state index contributed by atoms with van der Waals surface area (Å²) in [7, 11) is 2.76. The van der Waals surface area contributed by atoms with Gasteiger partial charge in [-0.2, -0.15) is 13.2 Å². The van der Waals surface area contributed by atoms with Crippen molar-refractivity contribution < 1.29 is 27.8 Å². The molecule has 2 aromatic rings. The highest BCUT2D eigenvalue weighted by Crippen LogP contribution is 2.40. The topological polar surface area (TPSA) is 76.4 Å². The van der Waals surface area contributed by atoms with E-state index in [4.69, 9.17) is 4.74 Å². The first-order valence-electron chi connectivity index (χ1n) is 7.34. The maximum atomic E-state index is 13.4. The van der Waals surface area contributed by atoms with Crippen LogP contribution in [-0.4, -0.2) is 33.9 Å². The van der Waals surface area contributed by atoms with Crippen LogP contribution >= 0.6 is 0 Å². The highest BCUT2D eigenvalue weighted by atomic mass is 19.4. The zero-order valence-corrected chi connectivity index (χ0v) is 13.7. The second-order valence-electron chi connectivity index (χ2n) is 5.49. The van der Waals surface area contributed by atoms with E-state index in [1.54, 1.807) is 24.3 Å². The van der Waals surface area contributed by atoms with E-state index in [9.17, 15) is 23.1 Å². The van der Waals surface area contributed by atoms with Gasteiger partial charge in [0.2, 0.25) is 11.5 Å². The van der Waals surface area contributed by atoms with Crippen LogP contribution < -0.4 is 10.1 Å². The maximum absolute atomic E-state index is 13.4. The quantitative estimate of drug-likeness (QED) is 0.828. The number of amides is 1. The molecule has 0 aliphatic rings. The number of hydrogen-bond acceptors (Lipinski definition) is 4. The standard InChI is InChI=1S/C16H18F3N3O3/c1-22-8-7-20-14(22)15(24,16(17,18)19)9-13(23)21-10-11-5-3-4-6-12(11)25-2/h3-8,24H,9-10H2,1-2H3,(H,21,23). The predicted molar refractivity (Wildman–Crippen MR) is 82.6 cm³/mol. The first-order chi connectivity index (χ1) is 11.7. The third kappa shape index (κ3) is 3.93. The summed E-state index contributed by atoms with van der Waals surface area (Å²) in [5, 5.41) is 12.5. The lowest BCUT2D eigenvalue weighted by atomic mass is 9.97. The zero-order valence-electron chi connectivity index (χ0n) is 13.7.